The van der Waals surface area contributed by atoms with Crippen molar-refractivity contribution in [1.82, 2.24) is 15.0 Å². The molecule has 0 aliphatic heterocycles. The molecule has 0 fully saturated rings. The van der Waals surface area contributed by atoms with E-state index in [1.54, 1.807) is 0 Å². The van der Waals surface area contributed by atoms with Crippen LogP contribution < -0.4 is 0 Å². The Labute approximate surface area is 322 Å². The van der Waals surface area contributed by atoms with Crippen LogP contribution in [0.3, 0.4) is 0 Å². The number of aromatic nitrogens is 3. The number of rotatable bonds is 6. The Morgan fingerprint density at radius 3 is 1.70 bits per heavy atom. The molecular weight excluding hydrogens is 687 g/mol. The lowest BCUT2D eigenvalue weighted by Crippen LogP contribution is -1.96. The third-order valence-corrected chi connectivity index (χ3v) is 10.6. The molecule has 0 spiro atoms. The standard InChI is InChI=1S/C51H31N3O2/c1-2-10-34(11-3-1)43-31-44(54-51(53-43)37-13-8-12-36(30-37)32-26-28-52-29-27-32)35-22-20-33(21-23-35)38-24-25-40(49-42-15-5-7-18-46(42)56-50(38)49)39-16-9-19-47-48(39)41-14-4-6-17-45(41)55-47/h1-31H. The highest BCUT2D eigenvalue weighted by atomic mass is 16.3. The molecule has 4 heterocycles. The lowest BCUT2D eigenvalue weighted by molar-refractivity contribution is 0.668. The number of furan rings is 2. The first kappa shape index (κ1) is 31.9. The lowest BCUT2D eigenvalue weighted by Gasteiger charge is -2.12. The van der Waals surface area contributed by atoms with Gasteiger partial charge in [0.1, 0.15) is 22.3 Å². The van der Waals surface area contributed by atoms with Crippen molar-refractivity contribution in [3.63, 3.8) is 0 Å². The third-order valence-electron chi connectivity index (χ3n) is 10.6. The number of pyridine rings is 1. The fourth-order valence-electron chi connectivity index (χ4n) is 7.96. The summed E-state index contributed by atoms with van der Waals surface area (Å²) in [5.41, 5.74) is 14.6. The molecule has 0 atom stereocenters. The van der Waals surface area contributed by atoms with E-state index in [0.717, 1.165) is 105 Å². The molecule has 11 aromatic rings. The van der Waals surface area contributed by atoms with E-state index in [-0.39, 0.29) is 0 Å². The largest absolute Gasteiger partial charge is 0.456 e. The topological polar surface area (TPSA) is 65.0 Å². The monoisotopic (exact) mass is 717 g/mol. The molecule has 0 radical (unpaired) electrons. The van der Waals surface area contributed by atoms with Crippen LogP contribution in [0.1, 0.15) is 0 Å². The Kier molecular flexibility index (Phi) is 7.42. The molecule has 0 aliphatic carbocycles. The van der Waals surface area contributed by atoms with E-state index in [4.69, 9.17) is 18.8 Å². The summed E-state index contributed by atoms with van der Waals surface area (Å²) in [6, 6.07) is 60.6. The molecule has 4 aromatic heterocycles. The minimum absolute atomic E-state index is 0.668. The first-order valence-corrected chi connectivity index (χ1v) is 18.7. The van der Waals surface area contributed by atoms with Gasteiger partial charge in [-0.15, -0.1) is 0 Å². The summed E-state index contributed by atoms with van der Waals surface area (Å²) in [4.78, 5) is 14.4. The minimum Gasteiger partial charge on any atom is -0.456 e. The molecule has 5 nitrogen and oxygen atoms in total. The zero-order valence-electron chi connectivity index (χ0n) is 30.1. The molecule has 0 saturated carbocycles. The minimum atomic E-state index is 0.668. The smallest absolute Gasteiger partial charge is 0.160 e. The molecule has 11 rings (SSSR count). The summed E-state index contributed by atoms with van der Waals surface area (Å²) in [7, 11) is 0. The fourth-order valence-corrected chi connectivity index (χ4v) is 7.96. The second-order valence-electron chi connectivity index (χ2n) is 14.0. The van der Waals surface area contributed by atoms with Gasteiger partial charge >= 0.3 is 0 Å². The van der Waals surface area contributed by atoms with E-state index in [2.05, 4.69) is 120 Å². The second kappa shape index (κ2) is 13.0. The Morgan fingerprint density at radius 1 is 0.339 bits per heavy atom. The molecule has 0 aliphatic rings. The van der Waals surface area contributed by atoms with Gasteiger partial charge < -0.3 is 8.83 Å². The Bertz CT molecular complexity index is 3240. The molecule has 0 N–H and O–H groups in total. The Balaban J connectivity index is 1.04. The van der Waals surface area contributed by atoms with Crippen LogP contribution in [0, 0.1) is 0 Å². The van der Waals surface area contributed by atoms with E-state index >= 15 is 0 Å². The zero-order valence-corrected chi connectivity index (χ0v) is 30.1. The predicted octanol–water partition coefficient (Wildman–Crippen LogP) is 13.7. The van der Waals surface area contributed by atoms with Crippen LogP contribution in [0.4, 0.5) is 0 Å². The average molecular weight is 718 g/mol. The van der Waals surface area contributed by atoms with Crippen LogP contribution in [-0.2, 0) is 0 Å². The van der Waals surface area contributed by atoms with Crippen LogP contribution in [0.5, 0.6) is 0 Å². The van der Waals surface area contributed by atoms with Crippen molar-refractivity contribution >= 4 is 43.9 Å². The molecule has 0 saturated heterocycles. The number of benzene rings is 7. The van der Waals surface area contributed by atoms with Crippen LogP contribution in [-0.4, -0.2) is 15.0 Å². The van der Waals surface area contributed by atoms with Crippen LogP contribution >= 0.6 is 0 Å². The maximum Gasteiger partial charge on any atom is 0.160 e. The van der Waals surface area contributed by atoms with Crippen molar-refractivity contribution in [2.75, 3.05) is 0 Å². The van der Waals surface area contributed by atoms with Gasteiger partial charge in [-0.2, -0.15) is 0 Å². The van der Waals surface area contributed by atoms with Gasteiger partial charge in [-0.05, 0) is 76.3 Å². The molecule has 0 bridgehead atoms. The average Bonchev–Trinajstić information content (AvgIpc) is 3.86. The predicted molar refractivity (Wildman–Crippen MR) is 227 cm³/mol. The second-order valence-corrected chi connectivity index (χ2v) is 14.0. The molecule has 56 heavy (non-hydrogen) atoms. The Morgan fingerprint density at radius 2 is 0.911 bits per heavy atom. The normalized spacial score (nSPS) is 11.6. The summed E-state index contributed by atoms with van der Waals surface area (Å²) in [5, 5.41) is 4.37. The number of hydrogen-bond acceptors (Lipinski definition) is 5. The van der Waals surface area contributed by atoms with Crippen molar-refractivity contribution < 1.29 is 8.83 Å². The summed E-state index contributed by atoms with van der Waals surface area (Å²) in [6.07, 6.45) is 3.63. The molecule has 0 unspecified atom stereocenters. The number of nitrogens with zero attached hydrogens (tertiary/aromatic N) is 3. The van der Waals surface area contributed by atoms with Crippen LogP contribution in [0.25, 0.3) is 111 Å². The van der Waals surface area contributed by atoms with Crippen LogP contribution in [0.15, 0.2) is 197 Å². The maximum atomic E-state index is 6.72. The van der Waals surface area contributed by atoms with Gasteiger partial charge in [0, 0.05) is 56.2 Å². The van der Waals surface area contributed by atoms with Gasteiger partial charge in [-0.25, -0.2) is 9.97 Å². The zero-order chi connectivity index (χ0) is 37.0. The summed E-state index contributed by atoms with van der Waals surface area (Å²) in [6.45, 7) is 0. The lowest BCUT2D eigenvalue weighted by atomic mass is 9.92. The quantitative estimate of drug-likeness (QED) is 0.171. The van der Waals surface area contributed by atoms with Gasteiger partial charge in [0.15, 0.2) is 5.82 Å². The van der Waals surface area contributed by atoms with Gasteiger partial charge in [-0.3, -0.25) is 4.98 Å². The molecule has 0 amide bonds. The molecule has 5 heteroatoms. The van der Waals surface area contributed by atoms with E-state index in [1.165, 1.54) is 0 Å². The van der Waals surface area contributed by atoms with E-state index in [1.807, 2.05) is 73.1 Å². The summed E-state index contributed by atoms with van der Waals surface area (Å²) >= 11 is 0. The van der Waals surface area contributed by atoms with Crippen molar-refractivity contribution in [3.8, 4) is 67.3 Å². The fraction of sp³-hybridized carbons (Fsp3) is 0. The summed E-state index contributed by atoms with van der Waals surface area (Å²) in [5.74, 6) is 0.668. The van der Waals surface area contributed by atoms with E-state index in [9.17, 15) is 0 Å². The van der Waals surface area contributed by atoms with Crippen molar-refractivity contribution in [1.29, 1.82) is 0 Å². The highest BCUT2D eigenvalue weighted by molar-refractivity contribution is 6.21. The number of fused-ring (bicyclic) bond motifs is 6. The number of para-hydroxylation sites is 2. The van der Waals surface area contributed by atoms with Gasteiger partial charge in [-0.1, -0.05) is 127 Å². The third kappa shape index (κ3) is 5.37. The van der Waals surface area contributed by atoms with Crippen molar-refractivity contribution in [2.24, 2.45) is 0 Å². The molecular formula is C51H31N3O2. The van der Waals surface area contributed by atoms with Crippen molar-refractivity contribution in [2.45, 2.75) is 0 Å². The SMILES string of the molecule is c1ccc(-c2cc(-c3ccc(-c4ccc(-c5cccc6oc7ccccc7c56)c5c4oc4ccccc45)cc3)nc(-c3cccc(-c4ccncc4)c3)n2)cc1. The van der Waals surface area contributed by atoms with Crippen molar-refractivity contribution in [3.05, 3.63) is 188 Å². The Hall–Kier alpha value is -7.63. The molecule has 262 valence electrons. The number of hydrogen-bond donors (Lipinski definition) is 0. The first-order chi connectivity index (χ1) is 27.7. The van der Waals surface area contributed by atoms with Crippen LogP contribution in [0.2, 0.25) is 0 Å². The highest BCUT2D eigenvalue weighted by Crippen LogP contribution is 2.45. The summed E-state index contributed by atoms with van der Waals surface area (Å²) < 4.78 is 13.0. The van der Waals surface area contributed by atoms with Gasteiger partial charge in [0.25, 0.3) is 0 Å². The van der Waals surface area contributed by atoms with E-state index in [0.29, 0.717) is 5.82 Å². The maximum absolute atomic E-state index is 6.72. The van der Waals surface area contributed by atoms with Gasteiger partial charge in [0.05, 0.1) is 11.4 Å². The van der Waals surface area contributed by atoms with E-state index < -0.39 is 0 Å². The van der Waals surface area contributed by atoms with Gasteiger partial charge in [0.2, 0.25) is 0 Å². The highest BCUT2D eigenvalue weighted by Gasteiger charge is 2.20. The molecule has 7 aromatic carbocycles. The first-order valence-electron chi connectivity index (χ1n) is 18.7.